The summed E-state index contributed by atoms with van der Waals surface area (Å²) < 4.78 is 5.12. The number of halogens is 6. The van der Waals surface area contributed by atoms with Gasteiger partial charge in [0.2, 0.25) is 0 Å². The van der Waals surface area contributed by atoms with Crippen LogP contribution in [0.15, 0.2) is 0 Å². The van der Waals surface area contributed by atoms with Gasteiger partial charge in [-0.3, -0.25) is 0 Å². The molecule has 1 saturated heterocycles. The number of carbonyl (C=O) groups excluding carboxylic acids is 1. The van der Waals surface area contributed by atoms with Gasteiger partial charge in [-0.2, -0.15) is 0 Å². The van der Waals surface area contributed by atoms with Crippen LogP contribution < -0.4 is 10.1 Å². The zero-order valence-corrected chi connectivity index (χ0v) is 15.6. The number of nitrogens with one attached hydrogen (secondary N) is 1. The van der Waals surface area contributed by atoms with Crippen LogP contribution in [0.1, 0.15) is 6.42 Å². The first-order chi connectivity index (χ1) is 9.32. The van der Waals surface area contributed by atoms with E-state index in [2.05, 4.69) is 5.32 Å². The molecule has 0 bridgehead atoms. The Morgan fingerprint density at radius 2 is 1.52 bits per heavy atom. The lowest BCUT2D eigenvalue weighted by atomic mass is 10.2. The van der Waals surface area contributed by atoms with E-state index in [-0.39, 0.29) is 54.3 Å². The maximum Gasteiger partial charge on any atom is 0.328 e. The third kappa shape index (κ3) is 4.09. The molecule has 0 saturated carbocycles. The van der Waals surface area contributed by atoms with Crippen LogP contribution in [0, 0.1) is 0 Å². The molecule has 10 heteroatoms. The van der Waals surface area contributed by atoms with Gasteiger partial charge in [-0.15, -0.1) is 17.0 Å². The van der Waals surface area contributed by atoms with Crippen molar-refractivity contribution in [3.8, 4) is 5.75 Å². The Morgan fingerprint density at radius 3 is 1.95 bits per heavy atom. The first-order valence-electron chi connectivity index (χ1n) is 5.47. The summed E-state index contributed by atoms with van der Waals surface area (Å²) in [5, 5.41) is 11.9. The highest BCUT2D eigenvalue weighted by molar-refractivity contribution is 8.93. The highest BCUT2D eigenvalue weighted by Crippen LogP contribution is 2.48. The molecular weight excluding hydrogens is 451 g/mol. The summed E-state index contributed by atoms with van der Waals surface area (Å²) in [6.45, 7) is 0.309. The zero-order chi connectivity index (χ0) is 15.0. The highest BCUT2D eigenvalue weighted by Gasteiger charge is 2.31. The Kier molecular flexibility index (Phi) is 7.35. The Hall–Kier alpha value is 0.540. The molecule has 1 heterocycles. The summed E-state index contributed by atoms with van der Waals surface area (Å²) in [5.74, 6) is -0.791. The molecule has 0 radical (unpaired) electrons. The van der Waals surface area contributed by atoms with Crippen LogP contribution in [0.3, 0.4) is 0 Å². The average molecular weight is 460 g/mol. The third-order valence-corrected chi connectivity index (χ3v) is 5.01. The molecule has 0 spiro atoms. The smallest absolute Gasteiger partial charge is 0.328 e. The molecule has 21 heavy (non-hydrogen) atoms. The molecule has 1 aliphatic rings. The van der Waals surface area contributed by atoms with Crippen LogP contribution >= 0.6 is 75.0 Å². The van der Waals surface area contributed by atoms with E-state index in [1.165, 1.54) is 0 Å². The normalized spacial score (nSPS) is 21.0. The summed E-state index contributed by atoms with van der Waals surface area (Å²) in [5.41, 5.74) is 0. The fourth-order valence-electron chi connectivity index (χ4n) is 1.74. The number of ether oxygens (including phenoxy) is 1. The van der Waals surface area contributed by atoms with E-state index >= 15 is 0 Å². The second-order valence-corrected chi connectivity index (χ2v) is 6.06. The summed E-state index contributed by atoms with van der Waals surface area (Å²) in [7, 11) is 0. The number of esters is 1. The number of aliphatic hydroxyl groups is 1. The van der Waals surface area contributed by atoms with Crippen molar-refractivity contribution in [1.29, 1.82) is 0 Å². The molecule has 4 nitrogen and oxygen atoms in total. The second-order valence-electron chi connectivity index (χ2n) is 4.17. The van der Waals surface area contributed by atoms with E-state index in [4.69, 9.17) is 62.7 Å². The lowest BCUT2D eigenvalue weighted by molar-refractivity contribution is -0.136. The SMILES string of the molecule is Br.O=C(Oc1c(Cl)c(Cl)c(Cl)c(Cl)c1Cl)[C@@H]1C[C@@H](O)CN1. The van der Waals surface area contributed by atoms with Crippen LogP contribution in [0.5, 0.6) is 5.75 Å². The van der Waals surface area contributed by atoms with Gasteiger partial charge in [0.05, 0.1) is 21.2 Å². The number of hydrogen-bond acceptors (Lipinski definition) is 4. The van der Waals surface area contributed by atoms with Crippen molar-refractivity contribution in [2.24, 2.45) is 0 Å². The molecule has 1 aliphatic heterocycles. The summed E-state index contributed by atoms with van der Waals surface area (Å²) in [6.07, 6.45) is -0.362. The average Bonchev–Trinajstić information content (AvgIpc) is 2.85. The fraction of sp³-hybridized carbons (Fsp3) is 0.364. The Bertz CT molecular complexity index is 542. The zero-order valence-electron chi connectivity index (χ0n) is 10.1. The maximum absolute atomic E-state index is 11.9. The molecule has 1 aromatic carbocycles. The largest absolute Gasteiger partial charge is 0.422 e. The molecule has 0 unspecified atom stereocenters. The minimum absolute atomic E-state index is 0. The predicted octanol–water partition coefficient (Wildman–Crippen LogP) is 4.16. The summed E-state index contributed by atoms with van der Waals surface area (Å²) in [4.78, 5) is 11.9. The quantitative estimate of drug-likeness (QED) is 0.301. The number of aliphatic hydroxyl groups excluding tert-OH is 1. The van der Waals surface area contributed by atoms with Crippen LogP contribution in [-0.4, -0.2) is 29.8 Å². The lowest BCUT2D eigenvalue weighted by Gasteiger charge is -2.14. The Morgan fingerprint density at radius 1 is 1.05 bits per heavy atom. The minimum atomic E-state index is -0.648. The van der Waals surface area contributed by atoms with E-state index in [1.807, 2.05) is 0 Å². The highest BCUT2D eigenvalue weighted by atomic mass is 79.9. The number of rotatable bonds is 2. The van der Waals surface area contributed by atoms with Gasteiger partial charge in [0.25, 0.3) is 0 Å². The third-order valence-electron chi connectivity index (χ3n) is 2.76. The number of hydrogen-bond donors (Lipinski definition) is 2. The summed E-state index contributed by atoms with van der Waals surface area (Å²) >= 11 is 29.5. The van der Waals surface area contributed by atoms with Crippen LogP contribution in [0.2, 0.25) is 25.1 Å². The molecule has 2 rings (SSSR count). The van der Waals surface area contributed by atoms with Crippen molar-refractivity contribution in [3.05, 3.63) is 25.1 Å². The first kappa shape index (κ1) is 19.6. The van der Waals surface area contributed by atoms with Gasteiger partial charge in [0.1, 0.15) is 16.1 Å². The molecular formula is C11H9BrCl5NO3. The van der Waals surface area contributed by atoms with E-state index in [1.54, 1.807) is 0 Å². The first-order valence-corrected chi connectivity index (χ1v) is 7.36. The lowest BCUT2D eigenvalue weighted by Crippen LogP contribution is -2.34. The van der Waals surface area contributed by atoms with Gasteiger partial charge in [0, 0.05) is 13.0 Å². The molecule has 1 aromatic rings. The Labute approximate surface area is 156 Å². The van der Waals surface area contributed by atoms with Gasteiger partial charge >= 0.3 is 5.97 Å². The molecule has 0 amide bonds. The van der Waals surface area contributed by atoms with Gasteiger partial charge in [-0.1, -0.05) is 58.0 Å². The van der Waals surface area contributed by atoms with Gasteiger partial charge in [0.15, 0.2) is 5.75 Å². The summed E-state index contributed by atoms with van der Waals surface area (Å²) in [6, 6.07) is -0.648. The standard InChI is InChI=1S/C11H8Cl5NO3.BrH/c12-5-6(13)8(15)10(9(16)7(5)14)20-11(19)4-1-3(18)2-17-4;/h3-4,17-18H,1-2H2;1H/t3-,4+;/m1./s1. The van der Waals surface area contributed by atoms with E-state index in [0.717, 1.165) is 0 Å². The van der Waals surface area contributed by atoms with Gasteiger partial charge < -0.3 is 15.2 Å². The molecule has 0 aromatic heterocycles. The van der Waals surface area contributed by atoms with E-state index in [0.29, 0.717) is 6.54 Å². The van der Waals surface area contributed by atoms with Crippen molar-refractivity contribution in [3.63, 3.8) is 0 Å². The second kappa shape index (κ2) is 7.88. The maximum atomic E-state index is 11.9. The van der Waals surface area contributed by atoms with Gasteiger partial charge in [-0.25, -0.2) is 4.79 Å². The number of carbonyl (C=O) groups is 1. The predicted molar refractivity (Wildman–Crippen MR) is 89.9 cm³/mol. The molecule has 2 N–H and O–H groups in total. The van der Waals surface area contributed by atoms with Crippen molar-refractivity contribution in [1.82, 2.24) is 5.32 Å². The monoisotopic (exact) mass is 457 g/mol. The van der Waals surface area contributed by atoms with E-state index in [9.17, 15) is 9.90 Å². The van der Waals surface area contributed by atoms with Crippen molar-refractivity contribution < 1.29 is 14.6 Å². The van der Waals surface area contributed by atoms with Gasteiger partial charge in [-0.05, 0) is 0 Å². The molecule has 0 aliphatic carbocycles. The number of β-amino-alcohol motifs (C(OH)–C–C–N with tert-alkyl or cyclic N) is 1. The fourth-order valence-corrected chi connectivity index (χ4v) is 2.94. The molecule has 118 valence electrons. The van der Waals surface area contributed by atoms with E-state index < -0.39 is 18.1 Å². The van der Waals surface area contributed by atoms with Crippen LogP contribution in [-0.2, 0) is 4.79 Å². The van der Waals surface area contributed by atoms with Crippen molar-refractivity contribution in [2.75, 3.05) is 6.54 Å². The molecule has 2 atom stereocenters. The van der Waals surface area contributed by atoms with Crippen molar-refractivity contribution >= 4 is 81.0 Å². The topological polar surface area (TPSA) is 58.6 Å². The Balaban J connectivity index is 0.00000220. The number of benzene rings is 1. The van der Waals surface area contributed by atoms with Crippen LogP contribution in [0.25, 0.3) is 0 Å². The minimum Gasteiger partial charge on any atom is -0.422 e. The van der Waals surface area contributed by atoms with Crippen molar-refractivity contribution in [2.45, 2.75) is 18.6 Å². The molecule has 1 fully saturated rings. The van der Waals surface area contributed by atoms with Crippen LogP contribution in [0.4, 0.5) is 0 Å².